The molecule has 0 heterocycles. The lowest BCUT2D eigenvalue weighted by atomic mass is 10.0. The smallest absolute Gasteiger partial charge is 0.589 e. The van der Waals surface area contributed by atoms with E-state index in [1.165, 1.54) is 70.6 Å². The minimum absolute atomic E-state index is 0. The Morgan fingerprint density at radius 2 is 1.43 bits per heavy atom. The highest BCUT2D eigenvalue weighted by molar-refractivity contribution is 6.27. The molecule has 0 aromatic rings. The Morgan fingerprint density at radius 1 is 0.857 bits per heavy atom. The predicted molar refractivity (Wildman–Crippen MR) is 144 cm³/mol. The first kappa shape index (κ1) is 33.1. The van der Waals surface area contributed by atoms with Gasteiger partial charge in [0.1, 0.15) is 0 Å². The zero-order valence-corrected chi connectivity index (χ0v) is 22.9. The van der Waals surface area contributed by atoms with Crippen LogP contribution in [-0.2, 0) is 17.2 Å². The topological polar surface area (TPSA) is 88.5 Å². The Labute approximate surface area is 219 Å². The maximum atomic E-state index is 11.9. The van der Waals surface area contributed by atoms with Crippen molar-refractivity contribution in [3.8, 4) is 6.57 Å². The summed E-state index contributed by atoms with van der Waals surface area (Å²) in [4.78, 5) is 27.3. The number of rotatable bonds is 20. The monoisotopic (exact) mass is 503 g/mol. The first-order valence-corrected chi connectivity index (χ1v) is 14.3. The summed E-state index contributed by atoms with van der Waals surface area (Å²) in [5.74, 6) is -0.713. The second-order valence-corrected chi connectivity index (χ2v) is 9.68. The van der Waals surface area contributed by atoms with E-state index in [0.717, 1.165) is 31.4 Å². The molecule has 1 aliphatic rings. The number of unbranched alkanes of at least 4 members (excludes halogenated alkanes) is 13. The van der Waals surface area contributed by atoms with Gasteiger partial charge in [0.05, 0.1) is 6.42 Å². The largest absolute Gasteiger partial charge is 0.886 e. The second kappa shape index (κ2) is 23.9. The molecular weight excluding hydrogens is 457 g/mol. The van der Waals surface area contributed by atoms with Gasteiger partial charge in [-0.25, -0.2) is 0 Å². The van der Waals surface area contributed by atoms with Gasteiger partial charge in [-0.2, -0.15) is 0 Å². The highest BCUT2D eigenvalue weighted by Gasteiger charge is 2.21. The fourth-order valence-corrected chi connectivity index (χ4v) is 4.37. The van der Waals surface area contributed by atoms with Crippen molar-refractivity contribution in [2.24, 2.45) is 0 Å². The Kier molecular flexibility index (Phi) is 22.6. The molecule has 0 unspecified atom stereocenters. The van der Waals surface area contributed by atoms with Gasteiger partial charge in [0.25, 0.3) is 18.5 Å². The van der Waals surface area contributed by atoms with Gasteiger partial charge in [-0.3, -0.25) is 9.59 Å². The number of hydrogen-bond donors (Lipinski definition) is 0. The first-order chi connectivity index (χ1) is 16.7. The average molecular weight is 504 g/mol. The molecule has 0 fully saturated rings. The van der Waals surface area contributed by atoms with E-state index < -0.39 is 21.9 Å². The van der Waals surface area contributed by atoms with Crippen LogP contribution in [0.1, 0.15) is 122 Å². The summed E-state index contributed by atoms with van der Waals surface area (Å²) in [6, 6.07) is 0. The molecule has 0 bridgehead atoms. The fraction of sp³-hybridized carbons (Fsp3) is 0.679. The van der Waals surface area contributed by atoms with E-state index in [-0.39, 0.29) is 11.4 Å². The highest BCUT2D eigenvalue weighted by Crippen LogP contribution is 2.20. The third-order valence-corrected chi connectivity index (χ3v) is 6.70. The molecule has 1 rings (SSSR count). The maximum absolute atomic E-state index is 11.9. The zero-order valence-electron chi connectivity index (χ0n) is 21.8. The van der Waals surface area contributed by atoms with Crippen molar-refractivity contribution in [1.29, 1.82) is 0 Å². The van der Waals surface area contributed by atoms with Gasteiger partial charge in [0.2, 0.25) is 0 Å². The van der Waals surface area contributed by atoms with Crippen LogP contribution in [0.4, 0.5) is 0 Å². The van der Waals surface area contributed by atoms with Crippen LogP contribution in [0.5, 0.6) is 0 Å². The summed E-state index contributed by atoms with van der Waals surface area (Å²) in [6.45, 7) is 7.48. The van der Waals surface area contributed by atoms with E-state index in [0.29, 0.717) is 24.8 Å². The molecule has 195 valence electrons. The summed E-state index contributed by atoms with van der Waals surface area (Å²) in [6.07, 6.45) is 28.4. The molecule has 0 aromatic carbocycles. The van der Waals surface area contributed by atoms with Gasteiger partial charge in [-0.15, -0.1) is 0 Å². The number of allylic oxidation sites excluding steroid dienone is 5. The summed E-state index contributed by atoms with van der Waals surface area (Å²) in [7, 11) is 0. The molecule has 7 heteroatoms. The van der Waals surface area contributed by atoms with Crippen molar-refractivity contribution in [3.05, 3.63) is 40.4 Å². The molecule has 2 N–H and O–H groups in total. The lowest BCUT2D eigenvalue weighted by Crippen LogP contribution is -2.17. The minimum atomic E-state index is -1.11. The average Bonchev–Trinajstić information content (AvgIpc) is 2.86. The van der Waals surface area contributed by atoms with Gasteiger partial charge < -0.3 is 13.1 Å². The summed E-state index contributed by atoms with van der Waals surface area (Å²) >= 11 is -1.11. The second-order valence-electron chi connectivity index (χ2n) is 9.01. The van der Waals surface area contributed by atoms with Crippen molar-refractivity contribution in [2.75, 3.05) is 0 Å². The van der Waals surface area contributed by atoms with Crippen LogP contribution in [0.25, 0.3) is 4.85 Å². The van der Waals surface area contributed by atoms with E-state index >= 15 is 0 Å². The molecular formula is C28H46AlNO5+. The van der Waals surface area contributed by atoms with Gasteiger partial charge >= 0.3 is 21.6 Å². The summed E-state index contributed by atoms with van der Waals surface area (Å²) < 4.78 is 10.2. The third-order valence-electron chi connectivity index (χ3n) is 6.03. The quantitative estimate of drug-likeness (QED) is 0.100. The Bertz CT molecular complexity index is 709. The molecule has 35 heavy (non-hydrogen) atoms. The van der Waals surface area contributed by atoms with Crippen LogP contribution in [-0.4, -0.2) is 33.3 Å². The summed E-state index contributed by atoms with van der Waals surface area (Å²) in [5, 5.41) is 0. The van der Waals surface area contributed by atoms with Gasteiger partial charge in [-0.05, 0) is 49.4 Å². The van der Waals surface area contributed by atoms with Crippen LogP contribution in [0.3, 0.4) is 0 Å². The number of carbonyl (C=O) groups excluding carboxylic acids is 2. The molecule has 0 atom stereocenters. The molecule has 0 spiro atoms. The fourth-order valence-electron chi connectivity index (χ4n) is 3.85. The maximum Gasteiger partial charge on any atom is 0.886 e. The van der Waals surface area contributed by atoms with Gasteiger partial charge in [-0.1, -0.05) is 83.3 Å². The van der Waals surface area contributed by atoms with Crippen LogP contribution in [0.15, 0.2) is 35.6 Å². The molecule has 0 saturated heterocycles. The van der Waals surface area contributed by atoms with E-state index in [1.807, 2.05) is 0 Å². The van der Waals surface area contributed by atoms with Gasteiger partial charge in [0.15, 0.2) is 0 Å². The molecule has 1 radical (unpaired) electrons. The number of nitrogens with zero attached hydrogens (tertiary/aromatic N) is 1. The lowest BCUT2D eigenvalue weighted by Gasteiger charge is -2.09. The van der Waals surface area contributed by atoms with Crippen molar-refractivity contribution < 1.29 is 22.6 Å². The molecule has 0 amide bonds. The zero-order chi connectivity index (χ0) is 24.7. The van der Waals surface area contributed by atoms with E-state index in [9.17, 15) is 9.59 Å². The molecule has 0 saturated carbocycles. The standard InChI is InChI=1S/C20H38O2.C8H7NO2.Al.H2O/c1-2-3-4-5-6-7-8-9-10-11-12-13-14-15-16-17-18-19-20(21)22;1-9-7-4-2-6(3-5-7)8(10)11;;/h11-12H,2-10,13-19H2,1H3,(H,21,22);1-2,4H,3,5H2;;1H2/q;;+2;/p-1/b12-11+;;;. The van der Waals surface area contributed by atoms with Crippen LogP contribution in [0.2, 0.25) is 0 Å². The van der Waals surface area contributed by atoms with Crippen LogP contribution in [0, 0.1) is 6.57 Å². The van der Waals surface area contributed by atoms with Crippen LogP contribution < -0.4 is 0 Å². The molecule has 6 nitrogen and oxygen atoms in total. The molecule has 1 aliphatic carbocycles. The number of carbonyl (C=O) groups is 2. The molecule has 0 aliphatic heterocycles. The van der Waals surface area contributed by atoms with Crippen molar-refractivity contribution in [3.63, 3.8) is 0 Å². The lowest BCUT2D eigenvalue weighted by molar-refractivity contribution is -0.137. The van der Waals surface area contributed by atoms with Gasteiger partial charge in [0, 0.05) is 18.1 Å². The normalized spacial score (nSPS) is 12.8. The van der Waals surface area contributed by atoms with Crippen molar-refractivity contribution >= 4 is 27.8 Å². The highest BCUT2D eigenvalue weighted by atomic mass is 27.2. The SMILES string of the molecule is C#[N+]C1=CC=C(C(=O)[O][Al][O]C(=O)CCCCCCC/C=C/CCCCCCCCCC)CC1.O. The van der Waals surface area contributed by atoms with E-state index in [1.54, 1.807) is 12.2 Å². The van der Waals surface area contributed by atoms with E-state index in [2.05, 4.69) is 23.9 Å². The Hall–Kier alpha value is -1.86. The van der Waals surface area contributed by atoms with Crippen molar-refractivity contribution in [2.45, 2.75) is 122 Å². The van der Waals surface area contributed by atoms with Crippen LogP contribution >= 0.6 is 0 Å². The Morgan fingerprint density at radius 3 is 1.97 bits per heavy atom. The number of hydrogen-bond acceptors (Lipinski definition) is 4. The Balaban J connectivity index is 0.0000116. The third kappa shape index (κ3) is 19.1. The predicted octanol–water partition coefficient (Wildman–Crippen LogP) is 7.17. The first-order valence-electron chi connectivity index (χ1n) is 13.3. The molecule has 0 aromatic heterocycles. The van der Waals surface area contributed by atoms with E-state index in [4.69, 9.17) is 14.1 Å². The minimum Gasteiger partial charge on any atom is -0.589 e. The summed E-state index contributed by atoms with van der Waals surface area (Å²) in [5.41, 5.74) is 1.31. The van der Waals surface area contributed by atoms with Crippen molar-refractivity contribution in [1.82, 2.24) is 0 Å².